The second-order valence-electron chi connectivity index (χ2n) is 6.04. The molecule has 0 N–H and O–H groups in total. The van der Waals surface area contributed by atoms with Gasteiger partial charge in [-0.2, -0.15) is 5.10 Å². The minimum atomic E-state index is 0.514. The van der Waals surface area contributed by atoms with Crippen LogP contribution in [0.4, 0.5) is 0 Å². The highest BCUT2D eigenvalue weighted by Gasteiger charge is 2.26. The first kappa shape index (κ1) is 14.2. The third-order valence-electron chi connectivity index (χ3n) is 4.44. The summed E-state index contributed by atoms with van der Waals surface area (Å²) in [6.07, 6.45) is 6.30. The molecule has 0 radical (unpaired) electrons. The van der Waals surface area contributed by atoms with Gasteiger partial charge in [0.2, 0.25) is 0 Å². The van der Waals surface area contributed by atoms with E-state index in [4.69, 9.17) is 4.52 Å². The van der Waals surface area contributed by atoms with E-state index in [1.54, 1.807) is 0 Å². The van der Waals surface area contributed by atoms with Crippen LogP contribution < -0.4 is 0 Å². The average molecular weight is 308 g/mol. The molecule has 4 rings (SSSR count). The van der Waals surface area contributed by atoms with Crippen molar-refractivity contribution >= 4 is 0 Å². The Labute approximate surface area is 135 Å². The number of nitrogens with zero attached hydrogens (tertiary/aromatic N) is 4. The van der Waals surface area contributed by atoms with Crippen LogP contribution >= 0.6 is 0 Å². The van der Waals surface area contributed by atoms with Crippen LogP contribution in [0.3, 0.4) is 0 Å². The van der Waals surface area contributed by atoms with Gasteiger partial charge in [-0.05, 0) is 25.5 Å². The smallest absolute Gasteiger partial charge is 0.151 e. The Hall–Kier alpha value is -2.40. The standard InChI is InChI=1S/C18H20N4O/c1-2-6-15(7-3-1)18-12-17(23-20-18)14-21-10-4-8-16(21)13-22-11-5-9-19-22/h1-3,5-7,9,11-12,16H,4,8,10,13-14H2/t16-/m1/s1. The third-order valence-corrected chi connectivity index (χ3v) is 4.44. The van der Waals surface area contributed by atoms with Crippen LogP contribution in [-0.2, 0) is 13.1 Å². The van der Waals surface area contributed by atoms with Gasteiger partial charge >= 0.3 is 0 Å². The van der Waals surface area contributed by atoms with E-state index in [9.17, 15) is 0 Å². The molecule has 1 aromatic carbocycles. The van der Waals surface area contributed by atoms with Crippen molar-refractivity contribution in [3.63, 3.8) is 0 Å². The number of aromatic nitrogens is 3. The lowest BCUT2D eigenvalue weighted by atomic mass is 10.1. The summed E-state index contributed by atoms with van der Waals surface area (Å²) in [5.74, 6) is 0.927. The van der Waals surface area contributed by atoms with Gasteiger partial charge in [-0.3, -0.25) is 9.58 Å². The first-order valence-electron chi connectivity index (χ1n) is 8.11. The normalized spacial score (nSPS) is 18.5. The molecule has 3 aromatic rings. The van der Waals surface area contributed by atoms with Gasteiger partial charge in [0.1, 0.15) is 5.69 Å². The van der Waals surface area contributed by atoms with Crippen LogP contribution in [-0.4, -0.2) is 32.4 Å². The lowest BCUT2D eigenvalue weighted by molar-refractivity contribution is 0.195. The minimum absolute atomic E-state index is 0.514. The maximum absolute atomic E-state index is 5.55. The van der Waals surface area contributed by atoms with E-state index < -0.39 is 0 Å². The van der Waals surface area contributed by atoms with Crippen molar-refractivity contribution in [3.05, 3.63) is 60.6 Å². The topological polar surface area (TPSA) is 47.1 Å². The Morgan fingerprint density at radius 3 is 2.91 bits per heavy atom. The van der Waals surface area contributed by atoms with Crippen LogP contribution in [0, 0.1) is 0 Å². The third kappa shape index (κ3) is 3.19. The number of hydrogen-bond acceptors (Lipinski definition) is 4. The van der Waals surface area contributed by atoms with Crippen LogP contribution in [0.5, 0.6) is 0 Å². The maximum Gasteiger partial charge on any atom is 0.151 e. The molecule has 1 aliphatic heterocycles. The first-order valence-corrected chi connectivity index (χ1v) is 8.11. The molecule has 1 aliphatic rings. The van der Waals surface area contributed by atoms with Gasteiger partial charge in [-0.25, -0.2) is 0 Å². The van der Waals surface area contributed by atoms with E-state index in [1.807, 2.05) is 41.3 Å². The van der Waals surface area contributed by atoms with Gasteiger partial charge in [0.25, 0.3) is 0 Å². The van der Waals surface area contributed by atoms with Gasteiger partial charge in [-0.15, -0.1) is 0 Å². The van der Waals surface area contributed by atoms with Gasteiger partial charge in [-0.1, -0.05) is 35.5 Å². The quantitative estimate of drug-likeness (QED) is 0.726. The molecule has 5 nitrogen and oxygen atoms in total. The van der Waals surface area contributed by atoms with Crippen LogP contribution in [0.1, 0.15) is 18.6 Å². The van der Waals surface area contributed by atoms with Crippen molar-refractivity contribution in [3.8, 4) is 11.3 Å². The highest BCUT2D eigenvalue weighted by Crippen LogP contribution is 2.24. The SMILES string of the molecule is c1ccc(-c2cc(CN3CCC[C@@H]3Cn3cccn3)on2)cc1. The Morgan fingerprint density at radius 2 is 2.09 bits per heavy atom. The highest BCUT2D eigenvalue weighted by molar-refractivity contribution is 5.58. The summed E-state index contributed by atoms with van der Waals surface area (Å²) in [6.45, 7) is 2.85. The lowest BCUT2D eigenvalue weighted by Crippen LogP contribution is -2.32. The number of hydrogen-bond donors (Lipinski definition) is 0. The Balaban J connectivity index is 1.44. The summed E-state index contributed by atoms with van der Waals surface area (Å²) in [6, 6.07) is 14.7. The first-order chi connectivity index (χ1) is 11.4. The van der Waals surface area contributed by atoms with Crippen molar-refractivity contribution in [2.24, 2.45) is 0 Å². The van der Waals surface area contributed by atoms with Gasteiger partial charge in [0, 0.05) is 30.1 Å². The van der Waals surface area contributed by atoms with Gasteiger partial charge in [0.05, 0.1) is 13.1 Å². The van der Waals surface area contributed by atoms with E-state index in [0.717, 1.165) is 36.7 Å². The number of rotatable bonds is 5. The maximum atomic E-state index is 5.55. The fourth-order valence-corrected chi connectivity index (χ4v) is 3.27. The van der Waals surface area contributed by atoms with Gasteiger partial charge in [0.15, 0.2) is 5.76 Å². The molecule has 23 heavy (non-hydrogen) atoms. The average Bonchev–Trinajstić information content (AvgIpc) is 3.33. The van der Waals surface area contributed by atoms with Crippen molar-refractivity contribution in [1.29, 1.82) is 0 Å². The molecule has 3 heterocycles. The zero-order valence-electron chi connectivity index (χ0n) is 13.0. The minimum Gasteiger partial charge on any atom is -0.359 e. The Bertz CT molecular complexity index is 735. The highest BCUT2D eigenvalue weighted by atomic mass is 16.5. The zero-order chi connectivity index (χ0) is 15.5. The van der Waals surface area contributed by atoms with E-state index in [-0.39, 0.29) is 0 Å². The molecule has 0 bridgehead atoms. The molecule has 0 unspecified atom stereocenters. The molecule has 0 spiro atoms. The predicted octanol–water partition coefficient (Wildman–Crippen LogP) is 3.20. The van der Waals surface area contributed by atoms with E-state index in [1.165, 1.54) is 12.8 Å². The summed E-state index contributed by atoms with van der Waals surface area (Å²) in [4.78, 5) is 2.47. The Morgan fingerprint density at radius 1 is 1.17 bits per heavy atom. The summed E-state index contributed by atoms with van der Waals surface area (Å²) in [5.41, 5.74) is 2.00. The molecular formula is C18H20N4O. The fourth-order valence-electron chi connectivity index (χ4n) is 3.27. The van der Waals surface area contributed by atoms with Crippen molar-refractivity contribution in [2.45, 2.75) is 32.0 Å². The van der Waals surface area contributed by atoms with E-state index in [0.29, 0.717) is 6.04 Å². The molecular weight excluding hydrogens is 288 g/mol. The van der Waals surface area contributed by atoms with E-state index >= 15 is 0 Å². The summed E-state index contributed by atoms with van der Waals surface area (Å²) < 4.78 is 7.56. The summed E-state index contributed by atoms with van der Waals surface area (Å²) >= 11 is 0. The van der Waals surface area contributed by atoms with Crippen molar-refractivity contribution in [2.75, 3.05) is 6.54 Å². The zero-order valence-corrected chi connectivity index (χ0v) is 13.0. The molecule has 118 valence electrons. The molecule has 0 aliphatic carbocycles. The van der Waals surface area contributed by atoms with Crippen LogP contribution in [0.15, 0.2) is 59.4 Å². The largest absolute Gasteiger partial charge is 0.359 e. The Kier molecular flexibility index (Phi) is 3.94. The second kappa shape index (κ2) is 6.38. The monoisotopic (exact) mass is 308 g/mol. The number of benzene rings is 1. The van der Waals surface area contributed by atoms with Crippen LogP contribution in [0.2, 0.25) is 0 Å². The second-order valence-corrected chi connectivity index (χ2v) is 6.04. The predicted molar refractivity (Wildman–Crippen MR) is 87.6 cm³/mol. The van der Waals surface area contributed by atoms with Crippen LogP contribution in [0.25, 0.3) is 11.3 Å². The summed E-state index contributed by atoms with van der Waals surface area (Å²) in [7, 11) is 0. The molecule has 1 saturated heterocycles. The molecule has 5 heteroatoms. The molecule has 0 amide bonds. The van der Waals surface area contributed by atoms with Crippen molar-refractivity contribution < 1.29 is 4.52 Å². The molecule has 1 fully saturated rings. The molecule has 0 saturated carbocycles. The van der Waals surface area contributed by atoms with Gasteiger partial charge < -0.3 is 4.52 Å². The molecule has 2 aromatic heterocycles. The molecule has 1 atom stereocenters. The van der Waals surface area contributed by atoms with Crippen molar-refractivity contribution in [1.82, 2.24) is 19.8 Å². The summed E-state index contributed by atoms with van der Waals surface area (Å²) in [5, 5.41) is 8.53. The van der Waals surface area contributed by atoms with E-state index in [2.05, 4.69) is 33.4 Å². The fraction of sp³-hybridized carbons (Fsp3) is 0.333. The lowest BCUT2D eigenvalue weighted by Gasteiger charge is -2.22. The number of likely N-dealkylation sites (tertiary alicyclic amines) is 1.